The number of rotatable bonds is 2. The average molecular weight is 170 g/mol. The van der Waals surface area contributed by atoms with Gasteiger partial charge in [-0.1, -0.05) is 19.1 Å². The van der Waals surface area contributed by atoms with Crippen molar-refractivity contribution in [3.8, 4) is 0 Å². The highest BCUT2D eigenvalue weighted by Crippen LogP contribution is 2.31. The Hall–Kier alpha value is -0.340. The van der Waals surface area contributed by atoms with Gasteiger partial charge in [0.25, 0.3) is 0 Å². The molecule has 2 heteroatoms. The molecule has 0 saturated carbocycles. The Morgan fingerprint density at radius 3 is 2.42 bits per heavy atom. The van der Waals surface area contributed by atoms with Gasteiger partial charge in [0.2, 0.25) is 0 Å². The van der Waals surface area contributed by atoms with Crippen LogP contribution in [0.3, 0.4) is 0 Å². The van der Waals surface area contributed by atoms with Gasteiger partial charge in [-0.25, -0.2) is 0 Å². The predicted octanol–water partition coefficient (Wildman–Crippen LogP) is 1.74. The summed E-state index contributed by atoms with van der Waals surface area (Å²) >= 11 is 0. The Balaban J connectivity index is 2.74. The summed E-state index contributed by atoms with van der Waals surface area (Å²) in [6.45, 7) is 6.93. The van der Waals surface area contributed by atoms with Crippen molar-refractivity contribution in [3.05, 3.63) is 12.2 Å². The van der Waals surface area contributed by atoms with Crippen molar-refractivity contribution in [2.24, 2.45) is 5.41 Å². The Labute approximate surface area is 74.2 Å². The first-order valence-electron chi connectivity index (χ1n) is 4.49. The van der Waals surface area contributed by atoms with Crippen molar-refractivity contribution in [1.29, 1.82) is 0 Å². The van der Waals surface area contributed by atoms with Gasteiger partial charge in [0, 0.05) is 5.41 Å². The van der Waals surface area contributed by atoms with Gasteiger partial charge in [0.15, 0.2) is 0 Å². The van der Waals surface area contributed by atoms with Crippen molar-refractivity contribution in [2.45, 2.75) is 32.8 Å². The highest BCUT2D eigenvalue weighted by atomic mass is 16.5. The number of hydrogen-bond donors (Lipinski definition) is 1. The average Bonchev–Trinajstić information content (AvgIpc) is 2.06. The largest absolute Gasteiger partial charge is 0.395 e. The van der Waals surface area contributed by atoms with Gasteiger partial charge in [-0.05, 0) is 20.3 Å². The van der Waals surface area contributed by atoms with Crippen LogP contribution in [-0.4, -0.2) is 23.9 Å². The quantitative estimate of drug-likeness (QED) is 0.640. The fraction of sp³-hybridized carbons (Fsp3) is 0.800. The second-order valence-corrected chi connectivity index (χ2v) is 4.10. The van der Waals surface area contributed by atoms with Gasteiger partial charge < -0.3 is 9.84 Å². The highest BCUT2D eigenvalue weighted by molar-refractivity contribution is 5.09. The van der Waals surface area contributed by atoms with Crippen LogP contribution < -0.4 is 0 Å². The van der Waals surface area contributed by atoms with Crippen molar-refractivity contribution >= 4 is 0 Å². The summed E-state index contributed by atoms with van der Waals surface area (Å²) in [4.78, 5) is 0. The Kier molecular flexibility index (Phi) is 2.59. The van der Waals surface area contributed by atoms with E-state index in [1.807, 2.05) is 19.9 Å². The van der Waals surface area contributed by atoms with Crippen LogP contribution in [0.25, 0.3) is 0 Å². The molecule has 0 saturated heterocycles. The van der Waals surface area contributed by atoms with Crippen LogP contribution in [-0.2, 0) is 4.74 Å². The maximum absolute atomic E-state index is 9.18. The molecule has 0 aromatic heterocycles. The summed E-state index contributed by atoms with van der Waals surface area (Å²) < 4.78 is 5.62. The van der Waals surface area contributed by atoms with E-state index in [-0.39, 0.29) is 17.6 Å². The molecule has 12 heavy (non-hydrogen) atoms. The van der Waals surface area contributed by atoms with E-state index in [4.69, 9.17) is 4.74 Å². The molecule has 0 fully saturated rings. The van der Waals surface area contributed by atoms with Crippen LogP contribution in [0.5, 0.6) is 0 Å². The maximum Gasteiger partial charge on any atom is 0.0807 e. The van der Waals surface area contributed by atoms with Gasteiger partial charge in [-0.15, -0.1) is 0 Å². The van der Waals surface area contributed by atoms with E-state index >= 15 is 0 Å². The molecule has 0 unspecified atom stereocenters. The van der Waals surface area contributed by atoms with Crippen LogP contribution >= 0.6 is 0 Å². The summed E-state index contributed by atoms with van der Waals surface area (Å²) in [6.07, 6.45) is 5.06. The molecule has 0 aromatic carbocycles. The zero-order chi connectivity index (χ0) is 9.24. The van der Waals surface area contributed by atoms with Crippen LogP contribution in [0.15, 0.2) is 12.2 Å². The molecule has 70 valence electrons. The lowest BCUT2D eigenvalue weighted by atomic mass is 9.83. The van der Waals surface area contributed by atoms with E-state index in [9.17, 15) is 5.11 Å². The summed E-state index contributed by atoms with van der Waals surface area (Å²) in [5.41, 5.74) is -0.288. The van der Waals surface area contributed by atoms with Crippen LogP contribution in [0.2, 0.25) is 0 Å². The molecule has 1 atom stereocenters. The monoisotopic (exact) mass is 170 g/mol. The molecule has 1 aliphatic heterocycles. The fourth-order valence-corrected chi connectivity index (χ4v) is 1.23. The SMILES string of the molecule is CC[C@@]1(CO)C=CC(C)(C)OC1. The number of hydrogen-bond acceptors (Lipinski definition) is 2. The van der Waals surface area contributed by atoms with E-state index in [2.05, 4.69) is 13.0 Å². The van der Waals surface area contributed by atoms with Crippen LogP contribution in [0.4, 0.5) is 0 Å². The van der Waals surface area contributed by atoms with E-state index in [0.717, 1.165) is 6.42 Å². The fourth-order valence-electron chi connectivity index (χ4n) is 1.23. The van der Waals surface area contributed by atoms with Gasteiger partial charge in [0.1, 0.15) is 0 Å². The number of aliphatic hydroxyl groups excluding tert-OH is 1. The second-order valence-electron chi connectivity index (χ2n) is 4.10. The van der Waals surface area contributed by atoms with Gasteiger partial charge in [0.05, 0.1) is 18.8 Å². The second kappa shape index (κ2) is 3.19. The van der Waals surface area contributed by atoms with E-state index in [1.54, 1.807) is 0 Å². The van der Waals surface area contributed by atoms with Crippen molar-refractivity contribution in [3.63, 3.8) is 0 Å². The Bertz CT molecular complexity index is 178. The zero-order valence-electron chi connectivity index (χ0n) is 8.13. The first-order valence-corrected chi connectivity index (χ1v) is 4.49. The maximum atomic E-state index is 9.18. The van der Waals surface area contributed by atoms with Crippen LogP contribution in [0.1, 0.15) is 27.2 Å². The van der Waals surface area contributed by atoms with E-state index in [1.165, 1.54) is 0 Å². The molecule has 2 nitrogen and oxygen atoms in total. The summed E-state index contributed by atoms with van der Waals surface area (Å²) in [7, 11) is 0. The lowest BCUT2D eigenvalue weighted by molar-refractivity contribution is -0.0519. The smallest absolute Gasteiger partial charge is 0.0807 e. The molecular weight excluding hydrogens is 152 g/mol. The predicted molar refractivity (Wildman–Crippen MR) is 49.0 cm³/mol. The van der Waals surface area contributed by atoms with Crippen molar-refractivity contribution in [1.82, 2.24) is 0 Å². The topological polar surface area (TPSA) is 29.5 Å². The van der Waals surface area contributed by atoms with Gasteiger partial charge in [-0.3, -0.25) is 0 Å². The first-order chi connectivity index (χ1) is 5.54. The summed E-state index contributed by atoms with van der Waals surface area (Å²) in [6, 6.07) is 0. The summed E-state index contributed by atoms with van der Waals surface area (Å²) in [5, 5.41) is 9.18. The molecule has 1 heterocycles. The van der Waals surface area contributed by atoms with Crippen molar-refractivity contribution < 1.29 is 9.84 Å². The van der Waals surface area contributed by atoms with Gasteiger partial charge >= 0.3 is 0 Å². The highest BCUT2D eigenvalue weighted by Gasteiger charge is 2.32. The molecule has 0 radical (unpaired) electrons. The zero-order valence-corrected chi connectivity index (χ0v) is 8.13. The summed E-state index contributed by atoms with van der Waals surface area (Å²) in [5.74, 6) is 0. The molecular formula is C10H18O2. The standard InChI is InChI=1S/C10H18O2/c1-4-10(7-11)6-5-9(2,3)12-8-10/h5-6,11H,4,7-8H2,1-3H3/t10-/m0/s1. The number of ether oxygens (including phenoxy) is 1. The minimum absolute atomic E-state index is 0.129. The normalized spacial score (nSPS) is 33.7. The Morgan fingerprint density at radius 2 is 2.08 bits per heavy atom. The molecule has 0 bridgehead atoms. The van der Waals surface area contributed by atoms with Gasteiger partial charge in [-0.2, -0.15) is 0 Å². The third-order valence-electron chi connectivity index (χ3n) is 2.59. The Morgan fingerprint density at radius 1 is 1.42 bits per heavy atom. The van der Waals surface area contributed by atoms with Crippen LogP contribution in [0, 0.1) is 5.41 Å². The van der Waals surface area contributed by atoms with E-state index in [0.29, 0.717) is 6.61 Å². The molecule has 0 aromatic rings. The third-order valence-corrected chi connectivity index (χ3v) is 2.59. The molecule has 0 spiro atoms. The number of aliphatic hydroxyl groups is 1. The minimum Gasteiger partial charge on any atom is -0.395 e. The molecule has 1 rings (SSSR count). The molecule has 0 aliphatic carbocycles. The molecule has 0 amide bonds. The molecule has 1 aliphatic rings. The minimum atomic E-state index is -0.159. The first kappa shape index (κ1) is 9.75. The lowest BCUT2D eigenvalue weighted by Gasteiger charge is -2.36. The lowest BCUT2D eigenvalue weighted by Crippen LogP contribution is -2.38. The van der Waals surface area contributed by atoms with E-state index < -0.39 is 0 Å². The van der Waals surface area contributed by atoms with Crippen molar-refractivity contribution in [2.75, 3.05) is 13.2 Å². The molecule has 1 N–H and O–H groups in total. The third kappa shape index (κ3) is 1.87.